The van der Waals surface area contributed by atoms with Crippen LogP contribution in [0.15, 0.2) is 0 Å². The van der Waals surface area contributed by atoms with Crippen LogP contribution in [0.2, 0.25) is 0 Å². The van der Waals surface area contributed by atoms with Crippen molar-refractivity contribution in [3.63, 3.8) is 0 Å². The summed E-state index contributed by atoms with van der Waals surface area (Å²) in [6, 6.07) is 0. The van der Waals surface area contributed by atoms with Crippen LogP contribution in [0.25, 0.3) is 0 Å². The third kappa shape index (κ3) is 4.15. The van der Waals surface area contributed by atoms with Gasteiger partial charge in [-0.1, -0.05) is 0 Å². The lowest BCUT2D eigenvalue weighted by Crippen LogP contribution is -2.35. The molecule has 0 spiro atoms. The van der Waals surface area contributed by atoms with Gasteiger partial charge in [-0.2, -0.15) is 0 Å². The molecule has 0 unspecified atom stereocenters. The van der Waals surface area contributed by atoms with Gasteiger partial charge in [0.2, 0.25) is 0 Å². The van der Waals surface area contributed by atoms with Crippen LogP contribution >= 0.6 is 30.8 Å². The van der Waals surface area contributed by atoms with E-state index in [1.165, 1.54) is 0 Å². The molecule has 0 aliphatic carbocycles. The zero-order chi connectivity index (χ0) is 10.3. The number of rotatable bonds is 7. The van der Waals surface area contributed by atoms with Crippen molar-refractivity contribution in [3.05, 3.63) is 0 Å². The van der Waals surface area contributed by atoms with Gasteiger partial charge in [0.1, 0.15) is 0 Å². The van der Waals surface area contributed by atoms with Gasteiger partial charge in [0.25, 0.3) is 7.59 Å². The average molecular weight is 248 g/mol. The molecule has 0 saturated carbocycles. The number of nitrogens with zero attached hydrogens (tertiary/aromatic N) is 1. The first-order chi connectivity index (χ1) is 6.14. The van der Waals surface area contributed by atoms with Crippen LogP contribution in [0.3, 0.4) is 0 Å². The molecular formula is C6H16Cl2N3OP. The van der Waals surface area contributed by atoms with Crippen LogP contribution in [-0.4, -0.2) is 43.6 Å². The predicted octanol–water partition coefficient (Wildman–Crippen LogP) is 1.31. The van der Waals surface area contributed by atoms with Gasteiger partial charge in [0.05, 0.1) is 0 Å². The Balaban J connectivity index is 4.38. The number of halogens is 2. The summed E-state index contributed by atoms with van der Waals surface area (Å²) in [7, 11) is 0.631. The molecule has 0 aliphatic heterocycles. The zero-order valence-electron chi connectivity index (χ0n) is 7.89. The second-order valence-corrected chi connectivity index (χ2v) is 5.72. The fourth-order valence-electron chi connectivity index (χ4n) is 0.983. The molecule has 0 aromatic heterocycles. The van der Waals surface area contributed by atoms with Gasteiger partial charge in [-0.05, 0) is 14.1 Å². The van der Waals surface area contributed by atoms with Gasteiger partial charge in [0.15, 0.2) is 0 Å². The quantitative estimate of drug-likeness (QED) is 0.526. The first-order valence-electron chi connectivity index (χ1n) is 4.00. The molecule has 0 heterocycles. The normalized spacial score (nSPS) is 12.4. The van der Waals surface area contributed by atoms with Crippen molar-refractivity contribution in [2.75, 3.05) is 38.9 Å². The molecule has 0 rings (SSSR count). The molecule has 0 radical (unpaired) electrons. The highest BCUT2D eigenvalue weighted by atomic mass is 35.5. The van der Waals surface area contributed by atoms with Gasteiger partial charge in [-0.15, -0.1) is 23.2 Å². The highest BCUT2D eigenvalue weighted by Crippen LogP contribution is 2.38. The zero-order valence-corrected chi connectivity index (χ0v) is 10.3. The standard InChI is InChI=1S/C6H16Cl2N3OP/c1-9-13(12,10-2)11(5-3-7)6-4-8/h3-6H2,1-2H3,(H2,9,10,12). The molecule has 0 saturated heterocycles. The van der Waals surface area contributed by atoms with Crippen LogP contribution in [0.1, 0.15) is 0 Å². The average Bonchev–Trinajstić information content (AvgIpc) is 2.16. The van der Waals surface area contributed by atoms with E-state index in [2.05, 4.69) is 10.2 Å². The Bertz CT molecular complexity index is 167. The molecule has 0 atom stereocenters. The lowest BCUT2D eigenvalue weighted by molar-refractivity contribution is 0.431. The molecule has 2 N–H and O–H groups in total. The Hall–Kier alpha value is 0.690. The first kappa shape index (κ1) is 13.7. The van der Waals surface area contributed by atoms with Crippen LogP contribution < -0.4 is 10.2 Å². The summed E-state index contributed by atoms with van der Waals surface area (Å²) in [5, 5.41) is 5.50. The third-order valence-electron chi connectivity index (χ3n) is 1.69. The molecule has 80 valence electrons. The summed E-state index contributed by atoms with van der Waals surface area (Å²) in [5.74, 6) is 0.870. The minimum absolute atomic E-state index is 0.435. The largest absolute Gasteiger partial charge is 0.281 e. The minimum atomic E-state index is -2.66. The predicted molar refractivity (Wildman–Crippen MR) is 58.7 cm³/mol. The summed E-state index contributed by atoms with van der Waals surface area (Å²) >= 11 is 11.2. The summed E-state index contributed by atoms with van der Waals surface area (Å²) < 4.78 is 13.7. The second kappa shape index (κ2) is 7.04. The van der Waals surface area contributed by atoms with Crippen molar-refractivity contribution < 1.29 is 4.57 Å². The molecule has 0 fully saturated rings. The van der Waals surface area contributed by atoms with Crippen molar-refractivity contribution in [2.24, 2.45) is 0 Å². The molecule has 0 amide bonds. The maximum Gasteiger partial charge on any atom is 0.281 e. The Morgan fingerprint density at radius 1 is 1.15 bits per heavy atom. The van der Waals surface area contributed by atoms with Crippen LogP contribution in [0, 0.1) is 0 Å². The number of hydrogen-bond donors (Lipinski definition) is 2. The molecular weight excluding hydrogens is 232 g/mol. The van der Waals surface area contributed by atoms with Gasteiger partial charge in [-0.3, -0.25) is 4.57 Å². The van der Waals surface area contributed by atoms with Crippen molar-refractivity contribution >= 4 is 30.8 Å². The van der Waals surface area contributed by atoms with E-state index in [-0.39, 0.29) is 0 Å². The number of nitrogens with one attached hydrogen (secondary N) is 2. The Morgan fingerprint density at radius 2 is 1.54 bits per heavy atom. The SMILES string of the molecule is CNP(=O)(NC)N(CCCl)CCCl. The summed E-state index contributed by atoms with van der Waals surface area (Å²) in [5.41, 5.74) is 0. The van der Waals surface area contributed by atoms with E-state index in [4.69, 9.17) is 23.2 Å². The van der Waals surface area contributed by atoms with E-state index in [1.807, 2.05) is 0 Å². The highest BCUT2D eigenvalue weighted by molar-refractivity contribution is 7.57. The summed E-state index contributed by atoms with van der Waals surface area (Å²) in [6.07, 6.45) is 0. The van der Waals surface area contributed by atoms with Crippen molar-refractivity contribution in [1.82, 2.24) is 14.8 Å². The van der Waals surface area contributed by atoms with Crippen molar-refractivity contribution in [1.29, 1.82) is 0 Å². The molecule has 7 heteroatoms. The van der Waals surface area contributed by atoms with E-state index in [0.29, 0.717) is 24.8 Å². The van der Waals surface area contributed by atoms with Crippen LogP contribution in [0.4, 0.5) is 0 Å². The Morgan fingerprint density at radius 3 is 1.77 bits per heavy atom. The van der Waals surface area contributed by atoms with Gasteiger partial charge >= 0.3 is 0 Å². The molecule has 0 bridgehead atoms. The maximum absolute atomic E-state index is 12.0. The van der Waals surface area contributed by atoms with E-state index in [1.54, 1.807) is 18.8 Å². The van der Waals surface area contributed by atoms with E-state index >= 15 is 0 Å². The molecule has 0 aromatic carbocycles. The summed E-state index contributed by atoms with van der Waals surface area (Å²) in [4.78, 5) is 0. The lowest BCUT2D eigenvalue weighted by atomic mass is 10.6. The van der Waals surface area contributed by atoms with Crippen molar-refractivity contribution in [3.8, 4) is 0 Å². The highest BCUT2D eigenvalue weighted by Gasteiger charge is 2.25. The Labute approximate surface area is 89.5 Å². The van der Waals surface area contributed by atoms with E-state index in [9.17, 15) is 4.57 Å². The van der Waals surface area contributed by atoms with E-state index in [0.717, 1.165) is 0 Å². The molecule has 0 aliphatic rings. The summed E-state index contributed by atoms with van der Waals surface area (Å²) in [6.45, 7) is 1.10. The smallest absolute Gasteiger partial charge is 0.271 e. The number of alkyl halides is 2. The van der Waals surface area contributed by atoms with Crippen molar-refractivity contribution in [2.45, 2.75) is 0 Å². The maximum atomic E-state index is 12.0. The monoisotopic (exact) mass is 247 g/mol. The first-order valence-corrected chi connectivity index (χ1v) is 6.73. The van der Waals surface area contributed by atoms with Gasteiger partial charge < -0.3 is 0 Å². The van der Waals surface area contributed by atoms with Crippen LogP contribution in [0.5, 0.6) is 0 Å². The Kier molecular flexibility index (Phi) is 7.42. The molecule has 13 heavy (non-hydrogen) atoms. The van der Waals surface area contributed by atoms with Gasteiger partial charge in [0, 0.05) is 24.8 Å². The third-order valence-corrected chi connectivity index (χ3v) is 4.44. The van der Waals surface area contributed by atoms with E-state index < -0.39 is 7.59 Å². The fourth-order valence-corrected chi connectivity index (χ4v) is 3.18. The minimum Gasteiger partial charge on any atom is -0.271 e. The number of hydrogen-bond acceptors (Lipinski definition) is 1. The molecule has 4 nitrogen and oxygen atoms in total. The van der Waals surface area contributed by atoms with Crippen LogP contribution in [-0.2, 0) is 4.57 Å². The topological polar surface area (TPSA) is 44.4 Å². The lowest BCUT2D eigenvalue weighted by Gasteiger charge is -2.29. The second-order valence-electron chi connectivity index (χ2n) is 2.35. The van der Waals surface area contributed by atoms with Gasteiger partial charge in [-0.25, -0.2) is 14.8 Å². The fraction of sp³-hybridized carbons (Fsp3) is 1.00. The molecule has 0 aromatic rings.